The van der Waals surface area contributed by atoms with Crippen molar-refractivity contribution in [3.05, 3.63) is 69.9 Å². The van der Waals surface area contributed by atoms with E-state index in [0.29, 0.717) is 16.5 Å². The Hall–Kier alpha value is -3.16. The number of benzene rings is 1. The van der Waals surface area contributed by atoms with E-state index in [0.717, 1.165) is 12.8 Å². The molecule has 1 saturated carbocycles. The second-order valence-corrected chi connectivity index (χ2v) is 8.84. The Labute approximate surface area is 183 Å². The van der Waals surface area contributed by atoms with Gasteiger partial charge in [-0.1, -0.05) is 24.3 Å². The van der Waals surface area contributed by atoms with Gasteiger partial charge in [-0.05, 0) is 42.9 Å². The molecule has 0 bridgehead atoms. The first-order valence-corrected chi connectivity index (χ1v) is 11.0. The molecular weight excluding hydrogens is 414 g/mol. The Bertz CT molecular complexity index is 1210. The first-order chi connectivity index (χ1) is 15.4. The lowest BCUT2D eigenvalue weighted by Gasteiger charge is -2.28. The molecule has 2 aliphatic carbocycles. The van der Waals surface area contributed by atoms with Crippen LogP contribution < -0.4 is 10.9 Å². The number of hydrogen-bond donors (Lipinski definition) is 1. The van der Waals surface area contributed by atoms with Crippen LogP contribution in [0.1, 0.15) is 48.4 Å². The monoisotopic (exact) mass is 438 g/mol. The van der Waals surface area contributed by atoms with Crippen molar-refractivity contribution in [2.45, 2.75) is 63.0 Å². The van der Waals surface area contributed by atoms with Gasteiger partial charge in [0.25, 0.3) is 5.56 Å². The Morgan fingerprint density at radius 1 is 1.09 bits per heavy atom. The van der Waals surface area contributed by atoms with E-state index < -0.39 is 5.92 Å². The molecule has 0 aliphatic heterocycles. The van der Waals surface area contributed by atoms with Gasteiger partial charge < -0.3 is 5.32 Å². The van der Waals surface area contributed by atoms with E-state index in [2.05, 4.69) is 27.5 Å². The fraction of sp³-hybridized carbons (Fsp3) is 0.417. The number of carbonyl (C=O) groups is 1. The maximum Gasteiger partial charge on any atom is 0.275 e. The third-order valence-electron chi connectivity index (χ3n) is 6.60. The quantitative estimate of drug-likeness (QED) is 0.678. The molecule has 2 aliphatic rings. The molecule has 0 unspecified atom stereocenters. The second kappa shape index (κ2) is 8.07. The summed E-state index contributed by atoms with van der Waals surface area (Å²) in [6.07, 6.45) is 4.76. The van der Waals surface area contributed by atoms with Gasteiger partial charge in [0.1, 0.15) is 6.54 Å². The average molecular weight is 438 g/mol. The van der Waals surface area contributed by atoms with Crippen molar-refractivity contribution in [2.75, 3.05) is 0 Å². The number of nitrogens with zero attached hydrogens (tertiary/aromatic N) is 3. The number of halogens is 2. The number of aromatic nitrogens is 3. The van der Waals surface area contributed by atoms with Crippen LogP contribution in [-0.4, -0.2) is 32.6 Å². The minimum Gasteiger partial charge on any atom is -0.351 e. The normalized spacial score (nSPS) is 18.6. The molecule has 1 aromatic carbocycles. The zero-order valence-corrected chi connectivity index (χ0v) is 17.6. The van der Waals surface area contributed by atoms with Crippen molar-refractivity contribution in [1.82, 2.24) is 20.1 Å². The number of carbonyl (C=O) groups excluding carboxylic acids is 1. The van der Waals surface area contributed by atoms with Crippen LogP contribution in [0.4, 0.5) is 8.78 Å². The molecule has 6 nitrogen and oxygen atoms in total. The van der Waals surface area contributed by atoms with Crippen molar-refractivity contribution in [3.63, 3.8) is 0 Å². The summed E-state index contributed by atoms with van der Waals surface area (Å²) in [6, 6.07) is 9.68. The molecule has 0 saturated heterocycles. The van der Waals surface area contributed by atoms with Crippen LogP contribution in [-0.2, 0) is 24.2 Å². The van der Waals surface area contributed by atoms with Crippen molar-refractivity contribution >= 4 is 16.7 Å². The summed E-state index contributed by atoms with van der Waals surface area (Å²) in [4.78, 5) is 29.8. The maximum absolute atomic E-state index is 13.7. The number of fused-ring (bicyclic) bond motifs is 2. The maximum atomic E-state index is 13.7. The minimum atomic E-state index is -2.66. The Balaban J connectivity index is 1.39. The zero-order chi connectivity index (χ0) is 22.3. The molecule has 1 N–H and O–H groups in total. The molecule has 2 heterocycles. The minimum absolute atomic E-state index is 0.0136. The second-order valence-electron chi connectivity index (χ2n) is 8.84. The smallest absolute Gasteiger partial charge is 0.275 e. The highest BCUT2D eigenvalue weighted by Gasteiger charge is 2.36. The van der Waals surface area contributed by atoms with E-state index in [1.54, 1.807) is 12.3 Å². The molecule has 5 rings (SSSR count). The third kappa shape index (κ3) is 4.01. The number of hydrogen-bond acceptors (Lipinski definition) is 4. The lowest BCUT2D eigenvalue weighted by atomic mass is 9.83. The Morgan fingerprint density at radius 2 is 1.78 bits per heavy atom. The van der Waals surface area contributed by atoms with Gasteiger partial charge in [0.2, 0.25) is 11.8 Å². The molecular formula is C24H24F2N4O2. The van der Waals surface area contributed by atoms with Gasteiger partial charge in [-0.3, -0.25) is 14.6 Å². The lowest BCUT2D eigenvalue weighted by molar-refractivity contribution is -0.122. The van der Waals surface area contributed by atoms with Crippen LogP contribution in [0.2, 0.25) is 0 Å². The molecule has 0 spiro atoms. The Morgan fingerprint density at radius 3 is 2.47 bits per heavy atom. The van der Waals surface area contributed by atoms with Gasteiger partial charge in [-0.2, -0.15) is 5.10 Å². The molecule has 1 amide bonds. The summed E-state index contributed by atoms with van der Waals surface area (Å²) in [5, 5.41) is 8.48. The van der Waals surface area contributed by atoms with E-state index in [9.17, 15) is 18.4 Å². The first kappa shape index (κ1) is 20.7. The number of pyridine rings is 1. The molecule has 3 aromatic rings. The van der Waals surface area contributed by atoms with Crippen LogP contribution in [0.15, 0.2) is 47.5 Å². The summed E-state index contributed by atoms with van der Waals surface area (Å²) < 4.78 is 28.5. The van der Waals surface area contributed by atoms with Crippen LogP contribution in [0.5, 0.6) is 0 Å². The third-order valence-corrected chi connectivity index (χ3v) is 6.60. The zero-order valence-electron chi connectivity index (χ0n) is 17.6. The van der Waals surface area contributed by atoms with E-state index in [1.165, 1.54) is 22.0 Å². The van der Waals surface area contributed by atoms with Crippen LogP contribution in [0, 0.1) is 0 Å². The summed E-state index contributed by atoms with van der Waals surface area (Å²) >= 11 is 0. The molecule has 1 fully saturated rings. The van der Waals surface area contributed by atoms with E-state index >= 15 is 0 Å². The van der Waals surface area contributed by atoms with Crippen molar-refractivity contribution in [1.29, 1.82) is 0 Å². The highest BCUT2D eigenvalue weighted by Crippen LogP contribution is 2.41. The fourth-order valence-electron chi connectivity index (χ4n) is 4.95. The molecule has 166 valence electrons. The van der Waals surface area contributed by atoms with Crippen molar-refractivity contribution in [3.8, 4) is 0 Å². The lowest BCUT2D eigenvalue weighted by Crippen LogP contribution is -2.40. The largest absolute Gasteiger partial charge is 0.351 e. The topological polar surface area (TPSA) is 76.9 Å². The summed E-state index contributed by atoms with van der Waals surface area (Å²) in [5.41, 5.74) is 2.65. The number of alkyl halides is 2. The molecule has 0 atom stereocenters. The van der Waals surface area contributed by atoms with E-state index in [4.69, 9.17) is 0 Å². The molecule has 2 aromatic heterocycles. The summed E-state index contributed by atoms with van der Waals surface area (Å²) in [7, 11) is 0. The van der Waals surface area contributed by atoms with Gasteiger partial charge in [0.05, 0.1) is 11.1 Å². The van der Waals surface area contributed by atoms with Gasteiger partial charge in [0, 0.05) is 42.6 Å². The molecule has 32 heavy (non-hydrogen) atoms. The highest BCUT2D eigenvalue weighted by atomic mass is 19.3. The molecule has 0 radical (unpaired) electrons. The molecule has 8 heteroatoms. The standard InChI is InChI=1S/C24H24F2N4O2/c25-24(26)8-5-15(6-9-24)22-20-13-27-10-7-19(20)23(32)30(29-22)14-21(31)28-18-11-16-3-1-2-4-17(16)12-18/h1-4,7,10,13,15,18H,5-6,8-9,11-12,14H2,(H,28,31). The highest BCUT2D eigenvalue weighted by molar-refractivity contribution is 5.83. The predicted molar refractivity (Wildman–Crippen MR) is 116 cm³/mol. The Kier molecular flexibility index (Phi) is 5.23. The van der Waals surface area contributed by atoms with E-state index in [-0.39, 0.29) is 55.7 Å². The summed E-state index contributed by atoms with van der Waals surface area (Å²) in [5.74, 6) is -3.13. The van der Waals surface area contributed by atoms with E-state index in [1.807, 2.05) is 12.1 Å². The van der Waals surface area contributed by atoms with Gasteiger partial charge >= 0.3 is 0 Å². The van der Waals surface area contributed by atoms with Crippen LogP contribution in [0.25, 0.3) is 10.8 Å². The SMILES string of the molecule is O=C(Cn1nc(C2CCC(F)(F)CC2)c2cnccc2c1=O)NC1Cc2ccccc2C1. The van der Waals surface area contributed by atoms with Crippen molar-refractivity contribution < 1.29 is 13.6 Å². The predicted octanol–water partition coefficient (Wildman–Crippen LogP) is 3.37. The van der Waals surface area contributed by atoms with Gasteiger partial charge in [0.15, 0.2) is 0 Å². The number of nitrogens with one attached hydrogen (secondary N) is 1. The van der Waals surface area contributed by atoms with Crippen LogP contribution >= 0.6 is 0 Å². The van der Waals surface area contributed by atoms with Crippen LogP contribution in [0.3, 0.4) is 0 Å². The van der Waals surface area contributed by atoms with Gasteiger partial charge in [-0.15, -0.1) is 0 Å². The van der Waals surface area contributed by atoms with Gasteiger partial charge in [-0.25, -0.2) is 13.5 Å². The fourth-order valence-corrected chi connectivity index (χ4v) is 4.95. The number of rotatable bonds is 4. The summed E-state index contributed by atoms with van der Waals surface area (Å²) in [6.45, 7) is -0.209. The first-order valence-electron chi connectivity index (χ1n) is 11.0. The van der Waals surface area contributed by atoms with Crippen molar-refractivity contribution in [2.24, 2.45) is 0 Å². The number of amides is 1. The average Bonchev–Trinajstić information content (AvgIpc) is 3.18.